The van der Waals surface area contributed by atoms with Gasteiger partial charge in [-0.2, -0.15) is 0 Å². The summed E-state index contributed by atoms with van der Waals surface area (Å²) in [4.78, 5) is 0. The summed E-state index contributed by atoms with van der Waals surface area (Å²) in [6, 6.07) is 0. The highest BCUT2D eigenvalue weighted by Crippen LogP contribution is 2.41. The molecular formula is C29H56. The zero-order chi connectivity index (χ0) is 22.4. The average molecular weight is 405 g/mol. The van der Waals surface area contributed by atoms with E-state index in [1.165, 1.54) is 70.6 Å². The monoisotopic (exact) mass is 404 g/mol. The fourth-order valence-electron chi connectivity index (χ4n) is 5.15. The third-order valence-corrected chi connectivity index (χ3v) is 6.94. The average Bonchev–Trinajstić information content (AvgIpc) is 2.64. The molecule has 2 atom stereocenters. The maximum absolute atomic E-state index is 2.60. The van der Waals surface area contributed by atoms with Gasteiger partial charge in [-0.15, -0.1) is 0 Å². The predicted molar refractivity (Wildman–Crippen MR) is 136 cm³/mol. The Labute approximate surface area is 186 Å². The lowest BCUT2D eigenvalue weighted by molar-refractivity contribution is 0.254. The SMILES string of the molecule is CCCCCC/C=C(\CC)C(/C(C)=C(\C)C(CCCCCC)C(C)(C)C)C(C)C. The van der Waals surface area contributed by atoms with Crippen molar-refractivity contribution in [3.8, 4) is 0 Å². The van der Waals surface area contributed by atoms with Gasteiger partial charge in [-0.25, -0.2) is 0 Å². The second kappa shape index (κ2) is 15.3. The first-order valence-corrected chi connectivity index (χ1v) is 13.0. The van der Waals surface area contributed by atoms with E-state index in [0.29, 0.717) is 23.2 Å². The van der Waals surface area contributed by atoms with E-state index in [1.54, 1.807) is 16.7 Å². The van der Waals surface area contributed by atoms with Crippen LogP contribution in [0.15, 0.2) is 22.8 Å². The van der Waals surface area contributed by atoms with E-state index in [4.69, 9.17) is 0 Å². The van der Waals surface area contributed by atoms with Crippen molar-refractivity contribution in [3.05, 3.63) is 22.8 Å². The second-order valence-corrected chi connectivity index (χ2v) is 10.8. The molecule has 0 nitrogen and oxygen atoms in total. The van der Waals surface area contributed by atoms with Crippen LogP contribution in [0.5, 0.6) is 0 Å². The van der Waals surface area contributed by atoms with Crippen LogP contribution < -0.4 is 0 Å². The van der Waals surface area contributed by atoms with E-state index < -0.39 is 0 Å². The van der Waals surface area contributed by atoms with E-state index in [9.17, 15) is 0 Å². The minimum absolute atomic E-state index is 0.343. The summed E-state index contributed by atoms with van der Waals surface area (Å²) in [7, 11) is 0. The van der Waals surface area contributed by atoms with E-state index >= 15 is 0 Å². The summed E-state index contributed by atoms with van der Waals surface area (Å²) >= 11 is 0. The van der Waals surface area contributed by atoms with Gasteiger partial charge in [0.2, 0.25) is 0 Å². The van der Waals surface area contributed by atoms with Gasteiger partial charge < -0.3 is 0 Å². The fourth-order valence-corrected chi connectivity index (χ4v) is 5.15. The van der Waals surface area contributed by atoms with Gasteiger partial charge in [0.15, 0.2) is 0 Å². The molecule has 2 unspecified atom stereocenters. The molecule has 0 aliphatic rings. The molecule has 0 radical (unpaired) electrons. The Morgan fingerprint density at radius 3 is 1.76 bits per heavy atom. The summed E-state index contributed by atoms with van der Waals surface area (Å²) in [6.07, 6.45) is 17.3. The molecule has 0 amide bonds. The molecule has 0 saturated carbocycles. The summed E-state index contributed by atoms with van der Waals surface area (Å²) in [6.45, 7) is 24.1. The van der Waals surface area contributed by atoms with Gasteiger partial charge in [0.25, 0.3) is 0 Å². The zero-order valence-electron chi connectivity index (χ0n) is 22.1. The highest BCUT2D eigenvalue weighted by molar-refractivity contribution is 5.27. The first-order chi connectivity index (χ1) is 13.6. The molecule has 0 aliphatic carbocycles. The van der Waals surface area contributed by atoms with Crippen LogP contribution in [0.1, 0.15) is 140 Å². The highest BCUT2D eigenvalue weighted by Gasteiger charge is 2.29. The van der Waals surface area contributed by atoms with Crippen molar-refractivity contribution in [3.63, 3.8) is 0 Å². The Hall–Kier alpha value is -0.520. The summed E-state index contributed by atoms with van der Waals surface area (Å²) in [5, 5.41) is 0. The molecule has 0 aliphatic heterocycles. The Kier molecular flexibility index (Phi) is 15.0. The predicted octanol–water partition coefficient (Wildman–Crippen LogP) is 10.5. The number of hydrogen-bond donors (Lipinski definition) is 0. The van der Waals surface area contributed by atoms with Crippen LogP contribution >= 0.6 is 0 Å². The van der Waals surface area contributed by atoms with Crippen molar-refractivity contribution in [2.75, 3.05) is 0 Å². The lowest BCUT2D eigenvalue weighted by Gasteiger charge is -2.36. The molecule has 0 aromatic carbocycles. The molecule has 0 fully saturated rings. The van der Waals surface area contributed by atoms with Gasteiger partial charge in [0.1, 0.15) is 0 Å². The Morgan fingerprint density at radius 2 is 1.31 bits per heavy atom. The minimum Gasteiger partial charge on any atom is -0.0847 e. The van der Waals surface area contributed by atoms with Crippen molar-refractivity contribution >= 4 is 0 Å². The smallest absolute Gasteiger partial charge is 0.00298 e. The summed E-state index contributed by atoms with van der Waals surface area (Å²) in [5.74, 6) is 1.99. The van der Waals surface area contributed by atoms with Crippen LogP contribution in [0, 0.1) is 23.2 Å². The van der Waals surface area contributed by atoms with Crippen LogP contribution in [-0.2, 0) is 0 Å². The quantitative estimate of drug-likeness (QED) is 0.188. The van der Waals surface area contributed by atoms with E-state index in [-0.39, 0.29) is 0 Å². The summed E-state index contributed by atoms with van der Waals surface area (Å²) in [5.41, 5.74) is 5.37. The first kappa shape index (κ1) is 28.5. The molecule has 0 spiro atoms. The van der Waals surface area contributed by atoms with Crippen molar-refractivity contribution in [1.29, 1.82) is 0 Å². The Morgan fingerprint density at radius 1 is 0.759 bits per heavy atom. The maximum atomic E-state index is 2.60. The van der Waals surface area contributed by atoms with Gasteiger partial charge >= 0.3 is 0 Å². The number of rotatable bonds is 15. The van der Waals surface area contributed by atoms with Gasteiger partial charge in [0, 0.05) is 5.92 Å². The molecule has 172 valence electrons. The van der Waals surface area contributed by atoms with Crippen LogP contribution in [0.4, 0.5) is 0 Å². The molecule has 0 aromatic rings. The molecule has 0 heteroatoms. The third kappa shape index (κ3) is 10.9. The summed E-state index contributed by atoms with van der Waals surface area (Å²) < 4.78 is 0. The van der Waals surface area contributed by atoms with Crippen LogP contribution in [0.2, 0.25) is 0 Å². The molecular weight excluding hydrogens is 348 g/mol. The Balaban J connectivity index is 5.60. The van der Waals surface area contributed by atoms with Crippen molar-refractivity contribution in [1.82, 2.24) is 0 Å². The largest absolute Gasteiger partial charge is 0.0847 e. The third-order valence-electron chi connectivity index (χ3n) is 6.94. The second-order valence-electron chi connectivity index (χ2n) is 10.8. The molecule has 0 saturated heterocycles. The van der Waals surface area contributed by atoms with Crippen molar-refractivity contribution in [2.24, 2.45) is 23.2 Å². The lowest BCUT2D eigenvalue weighted by Crippen LogP contribution is -2.25. The maximum Gasteiger partial charge on any atom is 0.00298 e. The van der Waals surface area contributed by atoms with Crippen LogP contribution in [0.3, 0.4) is 0 Å². The van der Waals surface area contributed by atoms with Gasteiger partial charge in [0.05, 0.1) is 0 Å². The van der Waals surface area contributed by atoms with Gasteiger partial charge in [-0.05, 0) is 56.8 Å². The number of unbranched alkanes of at least 4 members (excludes halogenated alkanes) is 7. The zero-order valence-corrected chi connectivity index (χ0v) is 22.1. The number of hydrogen-bond acceptors (Lipinski definition) is 0. The van der Waals surface area contributed by atoms with Crippen LogP contribution in [0.25, 0.3) is 0 Å². The Bertz CT molecular complexity index is 469. The normalized spacial score (nSPS) is 16.2. The fraction of sp³-hybridized carbons (Fsp3) is 0.862. The van der Waals surface area contributed by atoms with E-state index in [1.807, 2.05) is 0 Å². The molecule has 0 aromatic heterocycles. The van der Waals surface area contributed by atoms with Crippen LogP contribution in [-0.4, -0.2) is 0 Å². The highest BCUT2D eigenvalue weighted by atomic mass is 14.3. The molecule has 0 bridgehead atoms. The van der Waals surface area contributed by atoms with Gasteiger partial charge in [-0.1, -0.05) is 123 Å². The van der Waals surface area contributed by atoms with Gasteiger partial charge in [-0.3, -0.25) is 0 Å². The number of allylic oxidation sites excluding steroid dienone is 4. The lowest BCUT2D eigenvalue weighted by atomic mass is 9.69. The molecule has 0 N–H and O–H groups in total. The minimum atomic E-state index is 0.343. The molecule has 29 heavy (non-hydrogen) atoms. The van der Waals surface area contributed by atoms with Crippen molar-refractivity contribution < 1.29 is 0 Å². The first-order valence-electron chi connectivity index (χ1n) is 13.0. The molecule has 0 rings (SSSR count). The van der Waals surface area contributed by atoms with Crippen molar-refractivity contribution in [2.45, 2.75) is 140 Å². The van der Waals surface area contributed by atoms with E-state index in [2.05, 4.69) is 75.3 Å². The van der Waals surface area contributed by atoms with E-state index in [0.717, 1.165) is 0 Å². The standard InChI is InChI=1S/C29H56/c1-11-14-16-18-19-21-26(13-3)28(23(4)5)25(7)24(6)27(29(8,9)10)22-20-17-15-12-2/h21,23,27-28H,11-20,22H2,1-10H3/b25-24+,26-21+. The molecule has 0 heterocycles. The topological polar surface area (TPSA) is 0 Å².